The molecular formula is C27H26ClN3O7S. The molecule has 1 heterocycles. The lowest BCUT2D eigenvalue weighted by molar-refractivity contribution is -0.119. The van der Waals surface area contributed by atoms with E-state index < -0.39 is 34.0 Å². The zero-order valence-corrected chi connectivity index (χ0v) is 22.7. The van der Waals surface area contributed by atoms with Crippen molar-refractivity contribution in [3.8, 4) is 16.9 Å². The Balaban J connectivity index is 1.59. The van der Waals surface area contributed by atoms with Gasteiger partial charge in [0.2, 0.25) is 5.91 Å². The molecule has 0 aliphatic carbocycles. The summed E-state index contributed by atoms with van der Waals surface area (Å²) in [7, 11) is -2.42. The molecule has 3 aromatic rings. The Labute approximate surface area is 230 Å². The minimum Gasteiger partial charge on any atom is -0.437 e. The van der Waals surface area contributed by atoms with Crippen LogP contribution in [0.3, 0.4) is 0 Å². The van der Waals surface area contributed by atoms with Crippen LogP contribution in [-0.2, 0) is 19.4 Å². The van der Waals surface area contributed by atoms with Gasteiger partial charge in [0.15, 0.2) is 15.6 Å². The molecule has 3 amide bonds. The second-order valence-corrected chi connectivity index (χ2v) is 11.2. The van der Waals surface area contributed by atoms with Gasteiger partial charge in [-0.25, -0.2) is 18.0 Å². The summed E-state index contributed by atoms with van der Waals surface area (Å²) in [6.07, 6.45) is 1.14. The Bertz CT molecular complexity index is 1510. The van der Waals surface area contributed by atoms with Crippen molar-refractivity contribution in [3.63, 3.8) is 0 Å². The Morgan fingerprint density at radius 3 is 2.41 bits per heavy atom. The van der Waals surface area contributed by atoms with Crippen molar-refractivity contribution < 1.29 is 32.3 Å². The van der Waals surface area contributed by atoms with Gasteiger partial charge in [0.1, 0.15) is 6.04 Å². The van der Waals surface area contributed by atoms with Gasteiger partial charge in [-0.1, -0.05) is 35.9 Å². The van der Waals surface area contributed by atoms with E-state index in [4.69, 9.17) is 16.3 Å². The van der Waals surface area contributed by atoms with Crippen LogP contribution in [0, 0.1) is 0 Å². The monoisotopic (exact) mass is 571 g/mol. The molecule has 1 aliphatic rings. The normalized spacial score (nSPS) is 14.9. The third kappa shape index (κ3) is 6.68. The van der Waals surface area contributed by atoms with Gasteiger partial charge in [0, 0.05) is 29.1 Å². The van der Waals surface area contributed by atoms with Crippen molar-refractivity contribution in [2.75, 3.05) is 30.5 Å². The largest absolute Gasteiger partial charge is 0.513 e. The predicted octanol–water partition coefficient (Wildman–Crippen LogP) is 5.19. The number of benzene rings is 3. The number of urea groups is 1. The van der Waals surface area contributed by atoms with Crippen molar-refractivity contribution in [1.82, 2.24) is 4.90 Å². The molecule has 0 bridgehead atoms. The second kappa shape index (κ2) is 11.7. The third-order valence-electron chi connectivity index (χ3n) is 6.11. The van der Waals surface area contributed by atoms with Crippen molar-refractivity contribution in [3.05, 3.63) is 71.8 Å². The average Bonchev–Trinajstić information content (AvgIpc) is 3.41. The van der Waals surface area contributed by atoms with E-state index in [9.17, 15) is 22.8 Å². The van der Waals surface area contributed by atoms with Crippen LogP contribution in [0.1, 0.15) is 12.8 Å². The zero-order chi connectivity index (χ0) is 28.2. The van der Waals surface area contributed by atoms with Crippen LogP contribution in [0.15, 0.2) is 71.6 Å². The van der Waals surface area contributed by atoms with E-state index in [1.807, 2.05) is 0 Å². The zero-order valence-electron chi connectivity index (χ0n) is 21.1. The number of rotatable bonds is 6. The molecule has 10 nitrogen and oxygen atoms in total. The third-order valence-corrected chi connectivity index (χ3v) is 7.52. The Morgan fingerprint density at radius 2 is 1.72 bits per heavy atom. The fourth-order valence-electron chi connectivity index (χ4n) is 4.26. The number of nitrogens with one attached hydrogen (secondary N) is 2. The number of sulfone groups is 1. The number of hydrogen-bond donors (Lipinski definition) is 2. The highest BCUT2D eigenvalue weighted by atomic mass is 35.5. The van der Waals surface area contributed by atoms with Gasteiger partial charge in [0.25, 0.3) is 0 Å². The van der Waals surface area contributed by atoms with Crippen LogP contribution >= 0.6 is 11.6 Å². The summed E-state index contributed by atoms with van der Waals surface area (Å²) in [5.74, 6) is -0.524. The summed E-state index contributed by atoms with van der Waals surface area (Å²) in [6, 6.07) is 16.3. The highest BCUT2D eigenvalue weighted by Crippen LogP contribution is 2.35. The molecule has 1 aliphatic heterocycles. The molecule has 1 unspecified atom stereocenters. The molecule has 1 saturated heterocycles. The van der Waals surface area contributed by atoms with Crippen LogP contribution in [0.2, 0.25) is 5.02 Å². The summed E-state index contributed by atoms with van der Waals surface area (Å²) in [4.78, 5) is 39.7. The maximum Gasteiger partial charge on any atom is 0.513 e. The molecule has 1 atom stereocenters. The molecular weight excluding hydrogens is 546 g/mol. The van der Waals surface area contributed by atoms with Gasteiger partial charge < -0.3 is 25.0 Å². The van der Waals surface area contributed by atoms with E-state index in [0.717, 1.165) is 13.4 Å². The number of halogens is 1. The molecule has 3 aromatic carbocycles. The Morgan fingerprint density at radius 1 is 1.00 bits per heavy atom. The van der Waals surface area contributed by atoms with Crippen LogP contribution in [0.4, 0.5) is 21.0 Å². The summed E-state index contributed by atoms with van der Waals surface area (Å²) < 4.78 is 34.5. The first-order chi connectivity index (χ1) is 18.6. The number of methoxy groups -OCH3 is 1. The lowest BCUT2D eigenvalue weighted by atomic mass is 10.0. The summed E-state index contributed by atoms with van der Waals surface area (Å²) in [6.45, 7) is 0.379. The molecule has 39 heavy (non-hydrogen) atoms. The number of anilines is 2. The molecule has 0 radical (unpaired) electrons. The molecule has 4 rings (SSSR count). The number of amides is 3. The van der Waals surface area contributed by atoms with E-state index in [-0.39, 0.29) is 16.3 Å². The number of likely N-dealkylation sites (tertiary alicyclic amines) is 1. The molecule has 2 N–H and O–H groups in total. The van der Waals surface area contributed by atoms with E-state index in [1.165, 1.54) is 23.1 Å². The van der Waals surface area contributed by atoms with Gasteiger partial charge in [0.05, 0.1) is 17.7 Å². The molecule has 0 saturated carbocycles. The van der Waals surface area contributed by atoms with Crippen molar-refractivity contribution in [2.24, 2.45) is 0 Å². The Hall–Kier alpha value is -4.09. The SMILES string of the molecule is COC(=O)Oc1cc(-c2ccccc2S(C)(=O)=O)ccc1NC(=O)C1CCCN1C(=O)Nc1ccc(Cl)cc1. The lowest BCUT2D eigenvalue weighted by Gasteiger charge is -2.24. The maximum absolute atomic E-state index is 13.3. The summed E-state index contributed by atoms with van der Waals surface area (Å²) in [5, 5.41) is 6.02. The quantitative estimate of drug-likeness (QED) is 0.307. The summed E-state index contributed by atoms with van der Waals surface area (Å²) in [5.41, 5.74) is 1.52. The van der Waals surface area contributed by atoms with Crippen molar-refractivity contribution in [2.45, 2.75) is 23.8 Å². The maximum atomic E-state index is 13.3. The highest BCUT2D eigenvalue weighted by Gasteiger charge is 2.34. The number of carbonyl (C=O) groups is 3. The van der Waals surface area contributed by atoms with Crippen LogP contribution < -0.4 is 15.4 Å². The van der Waals surface area contributed by atoms with Crippen LogP contribution in [0.5, 0.6) is 5.75 Å². The number of ether oxygens (including phenoxy) is 2. The first-order valence-corrected chi connectivity index (χ1v) is 14.2. The van der Waals surface area contributed by atoms with E-state index in [2.05, 4.69) is 15.4 Å². The summed E-state index contributed by atoms with van der Waals surface area (Å²) >= 11 is 5.90. The molecule has 12 heteroatoms. The minimum absolute atomic E-state index is 0.0498. The van der Waals surface area contributed by atoms with Gasteiger partial charge in [-0.2, -0.15) is 0 Å². The fraction of sp³-hybridized carbons (Fsp3) is 0.222. The van der Waals surface area contributed by atoms with Crippen molar-refractivity contribution in [1.29, 1.82) is 0 Å². The first-order valence-electron chi connectivity index (χ1n) is 11.9. The topological polar surface area (TPSA) is 131 Å². The fourth-order valence-corrected chi connectivity index (χ4v) is 5.30. The minimum atomic E-state index is -3.55. The number of nitrogens with zero attached hydrogens (tertiary/aromatic N) is 1. The number of hydrogen-bond acceptors (Lipinski definition) is 7. The second-order valence-electron chi connectivity index (χ2n) is 8.81. The smallest absolute Gasteiger partial charge is 0.437 e. The lowest BCUT2D eigenvalue weighted by Crippen LogP contribution is -2.45. The van der Waals surface area contributed by atoms with Gasteiger partial charge in [-0.3, -0.25) is 4.79 Å². The number of carbonyl (C=O) groups excluding carboxylic acids is 3. The Kier molecular flexibility index (Phi) is 8.41. The van der Waals surface area contributed by atoms with Crippen molar-refractivity contribution >= 4 is 50.9 Å². The molecule has 1 fully saturated rings. The average molecular weight is 572 g/mol. The molecule has 204 valence electrons. The molecule has 0 aromatic heterocycles. The first kappa shape index (κ1) is 27.9. The van der Waals surface area contributed by atoms with Crippen LogP contribution in [-0.4, -0.2) is 57.4 Å². The van der Waals surface area contributed by atoms with E-state index in [0.29, 0.717) is 41.2 Å². The van der Waals surface area contributed by atoms with Gasteiger partial charge in [-0.05, 0) is 60.9 Å². The highest BCUT2D eigenvalue weighted by molar-refractivity contribution is 7.90. The van der Waals surface area contributed by atoms with E-state index >= 15 is 0 Å². The predicted molar refractivity (Wildman–Crippen MR) is 147 cm³/mol. The van der Waals surface area contributed by atoms with Gasteiger partial charge >= 0.3 is 12.2 Å². The van der Waals surface area contributed by atoms with Crippen LogP contribution in [0.25, 0.3) is 11.1 Å². The molecule has 0 spiro atoms. The standard InChI is InChI=1S/C27H26ClN3O7S/c1-37-27(34)38-23-16-17(20-6-3-4-8-24(20)39(2,35)36)9-14-21(23)30-25(32)22-7-5-15-31(22)26(33)29-19-12-10-18(28)11-13-19/h3-4,6,8-14,16,22H,5,7,15H2,1-2H3,(H,29,33)(H,30,32). The van der Waals surface area contributed by atoms with E-state index in [1.54, 1.807) is 48.5 Å². The van der Waals surface area contributed by atoms with Gasteiger partial charge in [-0.15, -0.1) is 0 Å².